The van der Waals surface area contributed by atoms with Gasteiger partial charge in [-0.2, -0.15) is 5.10 Å². The van der Waals surface area contributed by atoms with Gasteiger partial charge in [0.05, 0.1) is 17.9 Å². The van der Waals surface area contributed by atoms with Gasteiger partial charge in [-0.15, -0.1) is 0 Å². The van der Waals surface area contributed by atoms with Gasteiger partial charge in [-0.25, -0.2) is 4.79 Å². The number of hydrogen-bond acceptors (Lipinski definition) is 2. The minimum absolute atomic E-state index is 0.105. The Morgan fingerprint density at radius 1 is 1.42 bits per heavy atom. The van der Waals surface area contributed by atoms with Crippen LogP contribution in [0.15, 0.2) is 36.7 Å². The van der Waals surface area contributed by atoms with E-state index in [1.165, 1.54) is 11.1 Å². The van der Waals surface area contributed by atoms with Crippen LogP contribution in [-0.4, -0.2) is 15.8 Å². The number of fused-ring (bicyclic) bond motifs is 1. The second-order valence-electron chi connectivity index (χ2n) is 4.79. The van der Waals surface area contributed by atoms with Gasteiger partial charge in [-0.05, 0) is 24.0 Å². The van der Waals surface area contributed by atoms with Crippen LogP contribution in [0, 0.1) is 0 Å². The molecule has 1 aliphatic carbocycles. The topological polar surface area (TPSA) is 59.0 Å². The number of aryl methyl sites for hydroxylation is 2. The van der Waals surface area contributed by atoms with Crippen molar-refractivity contribution in [1.82, 2.24) is 15.1 Å². The summed E-state index contributed by atoms with van der Waals surface area (Å²) in [5, 5.41) is 9.80. The summed E-state index contributed by atoms with van der Waals surface area (Å²) in [5.74, 6) is 0. The highest BCUT2D eigenvalue weighted by Gasteiger charge is 2.23. The van der Waals surface area contributed by atoms with Crippen LogP contribution >= 0.6 is 0 Å². The zero-order valence-electron chi connectivity index (χ0n) is 10.8. The largest absolute Gasteiger partial charge is 0.331 e. The molecule has 5 nitrogen and oxygen atoms in total. The summed E-state index contributed by atoms with van der Waals surface area (Å²) < 4.78 is 1.65. The molecule has 0 spiro atoms. The monoisotopic (exact) mass is 256 g/mol. The molecular formula is C14H16N4O. The Morgan fingerprint density at radius 3 is 3.05 bits per heavy atom. The van der Waals surface area contributed by atoms with E-state index in [0.29, 0.717) is 5.69 Å². The molecule has 98 valence electrons. The molecule has 0 saturated heterocycles. The first-order chi connectivity index (χ1) is 9.22. The lowest BCUT2D eigenvalue weighted by molar-refractivity contribution is 0.248. The molecule has 2 amide bonds. The quantitative estimate of drug-likeness (QED) is 0.865. The number of carbonyl (C=O) groups is 1. The molecule has 2 N–H and O–H groups in total. The Morgan fingerprint density at radius 2 is 2.26 bits per heavy atom. The molecule has 3 rings (SSSR count). The van der Waals surface area contributed by atoms with Crippen molar-refractivity contribution in [2.75, 3.05) is 5.32 Å². The first-order valence-corrected chi connectivity index (χ1v) is 6.36. The molecule has 1 atom stereocenters. The number of carbonyl (C=O) groups excluding carboxylic acids is 1. The van der Waals surface area contributed by atoms with Crippen molar-refractivity contribution in [3.63, 3.8) is 0 Å². The van der Waals surface area contributed by atoms with Gasteiger partial charge >= 0.3 is 6.03 Å². The van der Waals surface area contributed by atoms with Crippen molar-refractivity contribution in [3.05, 3.63) is 47.8 Å². The number of anilines is 1. The van der Waals surface area contributed by atoms with Gasteiger partial charge in [0.1, 0.15) is 0 Å². The standard InChI is InChI=1S/C14H16N4O/c1-18-9-11(8-15-18)16-14(19)17-13-7-6-10-4-2-3-5-12(10)13/h2-5,8-9,13H,6-7H2,1H3,(H2,16,17,19)/t13-/m0/s1. The van der Waals surface area contributed by atoms with Crippen LogP contribution in [0.1, 0.15) is 23.6 Å². The first kappa shape index (κ1) is 11.8. The molecule has 2 aromatic rings. The highest BCUT2D eigenvalue weighted by atomic mass is 16.2. The molecule has 1 aromatic heterocycles. The number of amides is 2. The van der Waals surface area contributed by atoms with E-state index in [1.807, 2.05) is 19.2 Å². The van der Waals surface area contributed by atoms with Gasteiger partial charge in [0.2, 0.25) is 0 Å². The van der Waals surface area contributed by atoms with Gasteiger partial charge in [0.25, 0.3) is 0 Å². The van der Waals surface area contributed by atoms with E-state index >= 15 is 0 Å². The summed E-state index contributed by atoms with van der Waals surface area (Å²) in [6.45, 7) is 0. The fourth-order valence-electron chi connectivity index (χ4n) is 2.52. The molecule has 0 unspecified atom stereocenters. The van der Waals surface area contributed by atoms with Crippen molar-refractivity contribution >= 4 is 11.7 Å². The lowest BCUT2D eigenvalue weighted by atomic mass is 10.1. The van der Waals surface area contributed by atoms with Gasteiger partial charge in [-0.3, -0.25) is 4.68 Å². The van der Waals surface area contributed by atoms with Crippen molar-refractivity contribution in [2.45, 2.75) is 18.9 Å². The third-order valence-corrected chi connectivity index (χ3v) is 3.40. The number of rotatable bonds is 2. The number of aromatic nitrogens is 2. The van der Waals surface area contributed by atoms with E-state index in [-0.39, 0.29) is 12.1 Å². The average molecular weight is 256 g/mol. The molecule has 5 heteroatoms. The zero-order valence-corrected chi connectivity index (χ0v) is 10.8. The Kier molecular flexibility index (Phi) is 2.95. The highest BCUT2D eigenvalue weighted by Crippen LogP contribution is 2.30. The zero-order chi connectivity index (χ0) is 13.2. The first-order valence-electron chi connectivity index (χ1n) is 6.36. The summed E-state index contributed by atoms with van der Waals surface area (Å²) >= 11 is 0. The van der Waals surface area contributed by atoms with Gasteiger partial charge in [-0.1, -0.05) is 24.3 Å². The van der Waals surface area contributed by atoms with E-state index in [2.05, 4.69) is 27.9 Å². The highest BCUT2D eigenvalue weighted by molar-refractivity contribution is 5.89. The number of benzene rings is 1. The summed E-state index contributed by atoms with van der Waals surface area (Å²) in [7, 11) is 1.82. The van der Waals surface area contributed by atoms with Crippen LogP contribution in [0.5, 0.6) is 0 Å². The van der Waals surface area contributed by atoms with Gasteiger partial charge in [0.15, 0.2) is 0 Å². The van der Waals surface area contributed by atoms with E-state index in [4.69, 9.17) is 0 Å². The second-order valence-corrected chi connectivity index (χ2v) is 4.79. The number of nitrogens with zero attached hydrogens (tertiary/aromatic N) is 2. The van der Waals surface area contributed by atoms with E-state index in [9.17, 15) is 4.79 Å². The molecule has 1 heterocycles. The fourth-order valence-corrected chi connectivity index (χ4v) is 2.52. The van der Waals surface area contributed by atoms with Gasteiger partial charge in [0, 0.05) is 13.2 Å². The lowest BCUT2D eigenvalue weighted by Gasteiger charge is -2.14. The van der Waals surface area contributed by atoms with Crippen molar-refractivity contribution in [3.8, 4) is 0 Å². The third-order valence-electron chi connectivity index (χ3n) is 3.40. The molecular weight excluding hydrogens is 240 g/mol. The van der Waals surface area contributed by atoms with Crippen LogP contribution in [0.2, 0.25) is 0 Å². The summed E-state index contributed by atoms with van der Waals surface area (Å²) in [4.78, 5) is 11.9. The van der Waals surface area contributed by atoms with Crippen LogP contribution in [-0.2, 0) is 13.5 Å². The number of hydrogen-bond donors (Lipinski definition) is 2. The molecule has 1 aliphatic rings. The third kappa shape index (κ3) is 2.45. The Labute approximate surface area is 111 Å². The van der Waals surface area contributed by atoms with Crippen LogP contribution in [0.25, 0.3) is 0 Å². The molecule has 0 saturated carbocycles. The average Bonchev–Trinajstić information content (AvgIpc) is 2.97. The summed E-state index contributed by atoms with van der Waals surface area (Å²) in [6.07, 6.45) is 5.37. The predicted molar refractivity (Wildman–Crippen MR) is 72.9 cm³/mol. The van der Waals surface area contributed by atoms with E-state index in [1.54, 1.807) is 17.1 Å². The molecule has 19 heavy (non-hydrogen) atoms. The molecule has 0 aliphatic heterocycles. The minimum Gasteiger partial charge on any atom is -0.331 e. The van der Waals surface area contributed by atoms with E-state index < -0.39 is 0 Å². The van der Waals surface area contributed by atoms with Crippen molar-refractivity contribution in [1.29, 1.82) is 0 Å². The van der Waals surface area contributed by atoms with Gasteiger partial charge < -0.3 is 10.6 Å². The maximum atomic E-state index is 11.9. The molecule has 0 bridgehead atoms. The maximum absolute atomic E-state index is 11.9. The predicted octanol–water partition coefficient (Wildman–Crippen LogP) is 2.23. The number of urea groups is 1. The van der Waals surface area contributed by atoms with E-state index in [0.717, 1.165) is 12.8 Å². The van der Waals surface area contributed by atoms with Crippen LogP contribution < -0.4 is 10.6 Å². The molecule has 0 radical (unpaired) electrons. The molecule has 0 fully saturated rings. The lowest BCUT2D eigenvalue weighted by Crippen LogP contribution is -2.31. The Hall–Kier alpha value is -2.30. The van der Waals surface area contributed by atoms with Crippen LogP contribution in [0.4, 0.5) is 10.5 Å². The fraction of sp³-hybridized carbons (Fsp3) is 0.286. The Balaban J connectivity index is 1.65. The maximum Gasteiger partial charge on any atom is 0.319 e. The number of nitrogens with one attached hydrogen (secondary N) is 2. The van der Waals surface area contributed by atoms with Crippen LogP contribution in [0.3, 0.4) is 0 Å². The minimum atomic E-state index is -0.185. The van der Waals surface area contributed by atoms with Crippen molar-refractivity contribution in [2.24, 2.45) is 7.05 Å². The summed E-state index contributed by atoms with van der Waals surface area (Å²) in [6, 6.07) is 8.17. The normalized spacial score (nSPS) is 17.0. The SMILES string of the molecule is Cn1cc(NC(=O)N[C@H]2CCc3ccccc32)cn1. The summed E-state index contributed by atoms with van der Waals surface area (Å²) in [5.41, 5.74) is 3.25. The molecule has 1 aromatic carbocycles. The smallest absolute Gasteiger partial charge is 0.319 e. The van der Waals surface area contributed by atoms with Crippen molar-refractivity contribution < 1.29 is 4.79 Å². The second kappa shape index (κ2) is 4.76. The Bertz CT molecular complexity index is 605.